The van der Waals surface area contributed by atoms with Gasteiger partial charge in [0.2, 0.25) is 0 Å². The van der Waals surface area contributed by atoms with E-state index in [1.165, 1.54) is 0 Å². The topological polar surface area (TPSA) is 64.3 Å². The van der Waals surface area contributed by atoms with Gasteiger partial charge in [0.05, 0.1) is 30.1 Å². The fraction of sp³-hybridized carbons (Fsp3) is 0.385. The molecule has 1 saturated heterocycles. The first kappa shape index (κ1) is 11.2. The lowest BCUT2D eigenvalue weighted by Crippen LogP contribution is -2.14. The molecule has 0 aliphatic carbocycles. The van der Waals surface area contributed by atoms with Crippen LogP contribution in [0.5, 0.6) is 0 Å². The molecule has 2 aromatic rings. The number of rotatable bonds is 3. The van der Waals surface area contributed by atoms with E-state index in [1.54, 1.807) is 18.5 Å². The molecule has 0 spiro atoms. The summed E-state index contributed by atoms with van der Waals surface area (Å²) in [5, 5.41) is 9.10. The highest BCUT2D eigenvalue weighted by molar-refractivity contribution is 6.00. The van der Waals surface area contributed by atoms with Crippen molar-refractivity contribution in [2.75, 3.05) is 6.61 Å². The van der Waals surface area contributed by atoms with Gasteiger partial charge in [0, 0.05) is 6.61 Å². The molecule has 1 atom stereocenters. The molecule has 5 nitrogen and oxygen atoms in total. The van der Waals surface area contributed by atoms with Crippen LogP contribution in [0.3, 0.4) is 0 Å². The summed E-state index contributed by atoms with van der Waals surface area (Å²) in [7, 11) is 0. The highest BCUT2D eigenvalue weighted by Gasteiger charge is 2.18. The molecule has 0 amide bonds. The largest absolute Gasteiger partial charge is 0.478 e. The highest BCUT2D eigenvalue weighted by Crippen LogP contribution is 2.20. The van der Waals surface area contributed by atoms with E-state index in [-0.39, 0.29) is 11.7 Å². The van der Waals surface area contributed by atoms with Gasteiger partial charge in [-0.3, -0.25) is 0 Å². The summed E-state index contributed by atoms with van der Waals surface area (Å²) in [6, 6.07) is 5.22. The summed E-state index contributed by atoms with van der Waals surface area (Å²) in [6.45, 7) is 1.55. The second kappa shape index (κ2) is 4.42. The zero-order chi connectivity index (χ0) is 12.5. The van der Waals surface area contributed by atoms with Gasteiger partial charge in [0.15, 0.2) is 0 Å². The number of nitrogens with zero attached hydrogens (tertiary/aromatic N) is 2. The van der Waals surface area contributed by atoms with Crippen molar-refractivity contribution in [2.24, 2.45) is 0 Å². The van der Waals surface area contributed by atoms with E-state index in [9.17, 15) is 4.79 Å². The Labute approximate surface area is 104 Å². The molecule has 1 aliphatic rings. The number of benzene rings is 1. The maximum absolute atomic E-state index is 11.1. The van der Waals surface area contributed by atoms with Crippen LogP contribution in [0.25, 0.3) is 11.0 Å². The molecule has 2 heterocycles. The van der Waals surface area contributed by atoms with Gasteiger partial charge in [-0.15, -0.1) is 0 Å². The Balaban J connectivity index is 1.98. The molecule has 1 N–H and O–H groups in total. The van der Waals surface area contributed by atoms with Crippen LogP contribution in [0.15, 0.2) is 24.5 Å². The SMILES string of the molecule is O=C(O)c1cccc2c1ncn2CC1CCCO1. The number of aromatic nitrogens is 2. The van der Waals surface area contributed by atoms with Crippen molar-refractivity contribution in [2.45, 2.75) is 25.5 Å². The molecule has 0 bridgehead atoms. The van der Waals surface area contributed by atoms with Crippen LogP contribution in [0.4, 0.5) is 0 Å². The highest BCUT2D eigenvalue weighted by atomic mass is 16.5. The average molecular weight is 246 g/mol. The van der Waals surface area contributed by atoms with E-state index in [2.05, 4.69) is 4.98 Å². The Bertz CT molecular complexity index is 585. The zero-order valence-corrected chi connectivity index (χ0v) is 9.87. The van der Waals surface area contributed by atoms with Crippen molar-refractivity contribution in [3.05, 3.63) is 30.1 Å². The first-order valence-corrected chi connectivity index (χ1v) is 6.04. The number of carboxylic acid groups (broad SMARTS) is 1. The third kappa shape index (κ3) is 1.86. The van der Waals surface area contributed by atoms with Gasteiger partial charge in [0.1, 0.15) is 5.52 Å². The summed E-state index contributed by atoms with van der Waals surface area (Å²) < 4.78 is 7.56. The van der Waals surface area contributed by atoms with Gasteiger partial charge >= 0.3 is 5.97 Å². The Morgan fingerprint density at radius 3 is 3.17 bits per heavy atom. The smallest absolute Gasteiger partial charge is 0.337 e. The quantitative estimate of drug-likeness (QED) is 0.898. The van der Waals surface area contributed by atoms with Crippen LogP contribution < -0.4 is 0 Å². The third-order valence-corrected chi connectivity index (χ3v) is 3.31. The standard InChI is InChI=1S/C13H14N2O3/c16-13(17)10-4-1-5-11-12(10)14-8-15(11)7-9-3-2-6-18-9/h1,4-5,8-9H,2-3,6-7H2,(H,16,17). The Morgan fingerprint density at radius 1 is 1.56 bits per heavy atom. The third-order valence-electron chi connectivity index (χ3n) is 3.31. The minimum Gasteiger partial charge on any atom is -0.478 e. The Kier molecular flexibility index (Phi) is 2.76. The molecule has 1 aliphatic heterocycles. The summed E-state index contributed by atoms with van der Waals surface area (Å²) in [5.41, 5.74) is 1.65. The van der Waals surface area contributed by atoms with E-state index in [4.69, 9.17) is 9.84 Å². The van der Waals surface area contributed by atoms with Crippen LogP contribution in [0.1, 0.15) is 23.2 Å². The molecule has 18 heavy (non-hydrogen) atoms. The van der Waals surface area contributed by atoms with Gasteiger partial charge in [-0.25, -0.2) is 9.78 Å². The molecule has 0 radical (unpaired) electrons. The lowest BCUT2D eigenvalue weighted by molar-refractivity contribution is 0.0699. The van der Waals surface area contributed by atoms with Crippen molar-refractivity contribution in [3.63, 3.8) is 0 Å². The maximum Gasteiger partial charge on any atom is 0.337 e. The molecule has 3 rings (SSSR count). The molecule has 94 valence electrons. The van der Waals surface area contributed by atoms with Gasteiger partial charge in [-0.05, 0) is 25.0 Å². The molecule has 1 fully saturated rings. The number of ether oxygens (including phenoxy) is 1. The normalized spacial score (nSPS) is 19.4. The average Bonchev–Trinajstić information content (AvgIpc) is 2.99. The summed E-state index contributed by atoms with van der Waals surface area (Å²) in [5.74, 6) is -0.942. The van der Waals surface area contributed by atoms with Crippen LogP contribution in [-0.2, 0) is 11.3 Å². The second-order valence-electron chi connectivity index (χ2n) is 4.51. The van der Waals surface area contributed by atoms with E-state index in [1.807, 2.05) is 10.6 Å². The number of carboxylic acids is 1. The summed E-state index contributed by atoms with van der Waals surface area (Å²) in [6.07, 6.45) is 4.06. The fourth-order valence-corrected chi connectivity index (χ4v) is 2.41. The van der Waals surface area contributed by atoms with Crippen LogP contribution in [0, 0.1) is 0 Å². The number of hydrogen-bond donors (Lipinski definition) is 1. The second-order valence-corrected chi connectivity index (χ2v) is 4.51. The van der Waals surface area contributed by atoms with Crippen molar-refractivity contribution in [1.82, 2.24) is 9.55 Å². The molecule has 1 aromatic carbocycles. The molecule has 1 unspecified atom stereocenters. The number of imidazole rings is 1. The maximum atomic E-state index is 11.1. The minimum absolute atomic E-state index is 0.218. The van der Waals surface area contributed by atoms with Crippen LogP contribution in [-0.4, -0.2) is 33.3 Å². The van der Waals surface area contributed by atoms with Gasteiger partial charge in [0.25, 0.3) is 0 Å². The predicted molar refractivity (Wildman–Crippen MR) is 65.7 cm³/mol. The number of carbonyl (C=O) groups is 1. The number of fused-ring (bicyclic) bond motifs is 1. The summed E-state index contributed by atoms with van der Waals surface area (Å²) in [4.78, 5) is 15.3. The fourth-order valence-electron chi connectivity index (χ4n) is 2.41. The lowest BCUT2D eigenvalue weighted by Gasteiger charge is -2.10. The molecule has 1 aromatic heterocycles. The van der Waals surface area contributed by atoms with Crippen LogP contribution in [0.2, 0.25) is 0 Å². The van der Waals surface area contributed by atoms with Crippen molar-refractivity contribution in [1.29, 1.82) is 0 Å². The molecule has 5 heteroatoms. The van der Waals surface area contributed by atoms with E-state index < -0.39 is 5.97 Å². The first-order valence-electron chi connectivity index (χ1n) is 6.04. The lowest BCUT2D eigenvalue weighted by atomic mass is 10.2. The van der Waals surface area contributed by atoms with E-state index >= 15 is 0 Å². The van der Waals surface area contributed by atoms with E-state index in [0.717, 1.165) is 31.5 Å². The molecular weight excluding hydrogens is 232 g/mol. The Morgan fingerprint density at radius 2 is 2.44 bits per heavy atom. The van der Waals surface area contributed by atoms with Gasteiger partial charge in [-0.2, -0.15) is 0 Å². The number of aromatic carboxylic acids is 1. The predicted octanol–water partition coefficient (Wildman–Crippen LogP) is 1.91. The van der Waals surface area contributed by atoms with E-state index in [0.29, 0.717) is 5.52 Å². The Hall–Kier alpha value is -1.88. The number of hydrogen-bond acceptors (Lipinski definition) is 3. The van der Waals surface area contributed by atoms with Crippen LogP contribution >= 0.6 is 0 Å². The number of para-hydroxylation sites is 1. The van der Waals surface area contributed by atoms with Gasteiger partial charge < -0.3 is 14.4 Å². The zero-order valence-electron chi connectivity index (χ0n) is 9.87. The summed E-state index contributed by atoms with van der Waals surface area (Å²) >= 11 is 0. The molecular formula is C13H14N2O3. The first-order chi connectivity index (χ1) is 8.75. The monoisotopic (exact) mass is 246 g/mol. The van der Waals surface area contributed by atoms with Gasteiger partial charge in [-0.1, -0.05) is 6.07 Å². The van der Waals surface area contributed by atoms with Crippen molar-refractivity contribution < 1.29 is 14.6 Å². The van der Waals surface area contributed by atoms with Crippen molar-refractivity contribution >= 4 is 17.0 Å². The molecule has 0 saturated carbocycles. The van der Waals surface area contributed by atoms with Crippen molar-refractivity contribution in [3.8, 4) is 0 Å². The minimum atomic E-state index is -0.942.